The molecule has 0 fully saturated rings. The van der Waals surface area contributed by atoms with Crippen molar-refractivity contribution in [1.82, 2.24) is 4.72 Å². The van der Waals surface area contributed by atoms with E-state index in [1.165, 1.54) is 12.1 Å². The third kappa shape index (κ3) is 3.97. The van der Waals surface area contributed by atoms with Crippen LogP contribution in [0.3, 0.4) is 0 Å². The number of rotatable bonds is 4. The van der Waals surface area contributed by atoms with Crippen LogP contribution in [0.5, 0.6) is 0 Å². The number of nitrogens with two attached hydrogens (primary N) is 1. The number of anilines is 1. The van der Waals surface area contributed by atoms with E-state index in [0.29, 0.717) is 5.69 Å². The van der Waals surface area contributed by atoms with Crippen LogP contribution in [0.15, 0.2) is 51.8 Å². The Hall–Kier alpha value is -1.08. The van der Waals surface area contributed by atoms with Crippen LogP contribution in [0.1, 0.15) is 18.5 Å². The highest BCUT2D eigenvalue weighted by Gasteiger charge is 2.21. The SMILES string of the molecule is CC(NS(=O)(=O)c1cc(N)ccc1Cl)c1ccc(Br)cc1. The molecule has 0 spiro atoms. The summed E-state index contributed by atoms with van der Waals surface area (Å²) in [6, 6.07) is 11.4. The molecule has 1 unspecified atom stereocenters. The predicted molar refractivity (Wildman–Crippen MR) is 88.7 cm³/mol. The molecule has 112 valence electrons. The summed E-state index contributed by atoms with van der Waals surface area (Å²) >= 11 is 9.29. The van der Waals surface area contributed by atoms with Gasteiger partial charge in [-0.15, -0.1) is 0 Å². The number of hydrogen-bond acceptors (Lipinski definition) is 3. The average Bonchev–Trinajstić information content (AvgIpc) is 2.41. The van der Waals surface area contributed by atoms with Crippen LogP contribution < -0.4 is 10.5 Å². The van der Waals surface area contributed by atoms with Crippen molar-refractivity contribution in [1.29, 1.82) is 0 Å². The fourth-order valence-electron chi connectivity index (χ4n) is 1.84. The van der Waals surface area contributed by atoms with E-state index >= 15 is 0 Å². The van der Waals surface area contributed by atoms with Gasteiger partial charge in [-0.25, -0.2) is 13.1 Å². The number of halogens is 2. The lowest BCUT2D eigenvalue weighted by molar-refractivity contribution is 0.567. The maximum absolute atomic E-state index is 12.4. The number of nitrogen functional groups attached to an aromatic ring is 1. The van der Waals surface area contributed by atoms with Crippen LogP contribution in [0.25, 0.3) is 0 Å². The summed E-state index contributed by atoms with van der Waals surface area (Å²) in [6.45, 7) is 1.76. The largest absolute Gasteiger partial charge is 0.399 e. The van der Waals surface area contributed by atoms with Crippen LogP contribution in [0.4, 0.5) is 5.69 Å². The quantitative estimate of drug-likeness (QED) is 0.783. The molecule has 2 aromatic carbocycles. The lowest BCUT2D eigenvalue weighted by Crippen LogP contribution is -2.27. The number of hydrogen-bond donors (Lipinski definition) is 2. The summed E-state index contributed by atoms with van der Waals surface area (Å²) in [6.07, 6.45) is 0. The molecule has 0 aliphatic heterocycles. The molecule has 2 aromatic rings. The van der Waals surface area contributed by atoms with Gasteiger partial charge >= 0.3 is 0 Å². The first kappa shape index (κ1) is 16.3. The van der Waals surface area contributed by atoms with Crippen LogP contribution in [0.2, 0.25) is 5.02 Å². The van der Waals surface area contributed by atoms with Gasteiger partial charge in [0.15, 0.2) is 0 Å². The van der Waals surface area contributed by atoms with Crippen molar-refractivity contribution in [3.63, 3.8) is 0 Å². The van der Waals surface area contributed by atoms with E-state index in [4.69, 9.17) is 17.3 Å². The lowest BCUT2D eigenvalue weighted by atomic mass is 10.1. The van der Waals surface area contributed by atoms with Crippen molar-refractivity contribution in [2.45, 2.75) is 17.9 Å². The van der Waals surface area contributed by atoms with E-state index in [9.17, 15) is 8.42 Å². The van der Waals surface area contributed by atoms with Crippen LogP contribution >= 0.6 is 27.5 Å². The Morgan fingerprint density at radius 1 is 1.19 bits per heavy atom. The molecule has 21 heavy (non-hydrogen) atoms. The van der Waals surface area contributed by atoms with Crippen molar-refractivity contribution in [2.75, 3.05) is 5.73 Å². The fraction of sp³-hybridized carbons (Fsp3) is 0.143. The van der Waals surface area contributed by atoms with E-state index < -0.39 is 10.0 Å². The molecule has 0 heterocycles. The number of benzene rings is 2. The van der Waals surface area contributed by atoms with E-state index in [1.54, 1.807) is 13.0 Å². The molecular weight excluding hydrogens is 376 g/mol. The van der Waals surface area contributed by atoms with Gasteiger partial charge in [-0.05, 0) is 42.8 Å². The van der Waals surface area contributed by atoms with Gasteiger partial charge in [0.05, 0.1) is 5.02 Å². The minimum absolute atomic E-state index is 0.0203. The maximum Gasteiger partial charge on any atom is 0.242 e. The minimum Gasteiger partial charge on any atom is -0.399 e. The summed E-state index contributed by atoms with van der Waals surface area (Å²) in [4.78, 5) is -0.0203. The third-order valence-electron chi connectivity index (χ3n) is 2.95. The van der Waals surface area contributed by atoms with E-state index in [-0.39, 0.29) is 16.0 Å². The molecule has 0 aliphatic rings. The zero-order valence-electron chi connectivity index (χ0n) is 11.2. The Morgan fingerprint density at radius 2 is 1.81 bits per heavy atom. The third-order valence-corrected chi connectivity index (χ3v) is 5.50. The average molecular weight is 390 g/mol. The van der Waals surface area contributed by atoms with E-state index in [1.807, 2.05) is 24.3 Å². The highest BCUT2D eigenvalue weighted by molar-refractivity contribution is 9.10. The van der Waals surface area contributed by atoms with Crippen LogP contribution in [0, 0.1) is 0 Å². The zero-order valence-corrected chi connectivity index (χ0v) is 14.3. The molecule has 0 bridgehead atoms. The van der Waals surface area contributed by atoms with Crippen molar-refractivity contribution >= 4 is 43.2 Å². The summed E-state index contributed by atoms with van der Waals surface area (Å²) < 4.78 is 28.3. The van der Waals surface area contributed by atoms with Gasteiger partial charge in [0.1, 0.15) is 4.90 Å². The molecule has 0 aromatic heterocycles. The standard InChI is InChI=1S/C14H14BrClN2O2S/c1-9(10-2-4-11(15)5-3-10)18-21(19,20)14-8-12(17)6-7-13(14)16/h2-9,18H,17H2,1H3. The normalized spacial score (nSPS) is 13.1. The summed E-state index contributed by atoms with van der Waals surface area (Å²) in [5.41, 5.74) is 6.82. The lowest BCUT2D eigenvalue weighted by Gasteiger charge is -2.15. The molecule has 0 saturated carbocycles. The smallest absolute Gasteiger partial charge is 0.242 e. The second-order valence-electron chi connectivity index (χ2n) is 4.58. The topological polar surface area (TPSA) is 72.2 Å². The number of sulfonamides is 1. The van der Waals surface area contributed by atoms with Gasteiger partial charge in [0, 0.05) is 16.2 Å². The van der Waals surface area contributed by atoms with Gasteiger partial charge in [-0.3, -0.25) is 0 Å². The van der Waals surface area contributed by atoms with Crippen molar-refractivity contribution in [3.05, 3.63) is 57.5 Å². The van der Waals surface area contributed by atoms with Crippen molar-refractivity contribution in [2.24, 2.45) is 0 Å². The molecule has 0 saturated heterocycles. The van der Waals surface area contributed by atoms with Gasteiger partial charge in [-0.2, -0.15) is 0 Å². The molecule has 4 nitrogen and oxygen atoms in total. The second-order valence-corrected chi connectivity index (χ2v) is 7.59. The molecule has 0 radical (unpaired) electrons. The predicted octanol–water partition coefficient (Wildman–Crippen LogP) is 3.72. The van der Waals surface area contributed by atoms with Gasteiger partial charge in [-0.1, -0.05) is 39.7 Å². The van der Waals surface area contributed by atoms with E-state index in [2.05, 4.69) is 20.7 Å². The summed E-state index contributed by atoms with van der Waals surface area (Å²) in [5.74, 6) is 0. The Bertz CT molecular complexity index is 748. The van der Waals surface area contributed by atoms with E-state index in [0.717, 1.165) is 10.0 Å². The van der Waals surface area contributed by atoms with Gasteiger partial charge < -0.3 is 5.73 Å². The van der Waals surface area contributed by atoms with Crippen molar-refractivity contribution in [3.8, 4) is 0 Å². The molecule has 0 amide bonds. The molecule has 2 rings (SSSR count). The molecular formula is C14H14BrClN2O2S. The van der Waals surface area contributed by atoms with Crippen LogP contribution in [-0.2, 0) is 10.0 Å². The Labute approximate surface area is 137 Å². The highest BCUT2D eigenvalue weighted by atomic mass is 79.9. The minimum atomic E-state index is -3.74. The highest BCUT2D eigenvalue weighted by Crippen LogP contribution is 2.25. The fourth-order valence-corrected chi connectivity index (χ4v) is 3.87. The monoisotopic (exact) mass is 388 g/mol. The van der Waals surface area contributed by atoms with Crippen LogP contribution in [-0.4, -0.2) is 8.42 Å². The Kier molecular flexibility index (Phi) is 4.93. The summed E-state index contributed by atoms with van der Waals surface area (Å²) in [5, 5.41) is 0.139. The van der Waals surface area contributed by atoms with Crippen molar-refractivity contribution < 1.29 is 8.42 Å². The molecule has 3 N–H and O–H groups in total. The molecule has 7 heteroatoms. The van der Waals surface area contributed by atoms with Gasteiger partial charge in [0.25, 0.3) is 0 Å². The van der Waals surface area contributed by atoms with Gasteiger partial charge in [0.2, 0.25) is 10.0 Å². The first-order valence-corrected chi connectivity index (χ1v) is 8.78. The number of nitrogens with one attached hydrogen (secondary N) is 1. The zero-order chi connectivity index (χ0) is 15.6. The summed E-state index contributed by atoms with van der Waals surface area (Å²) in [7, 11) is -3.74. The Morgan fingerprint density at radius 3 is 2.43 bits per heavy atom. The maximum atomic E-state index is 12.4. The second kappa shape index (κ2) is 6.36. The molecule has 1 atom stereocenters. The first-order chi connectivity index (χ1) is 9.79. The molecule has 0 aliphatic carbocycles. The Balaban J connectivity index is 2.28. The first-order valence-electron chi connectivity index (χ1n) is 6.12.